The van der Waals surface area contributed by atoms with E-state index >= 15 is 0 Å². The van der Waals surface area contributed by atoms with Crippen LogP contribution in [0.2, 0.25) is 5.02 Å². The molecule has 0 fully saturated rings. The van der Waals surface area contributed by atoms with Crippen molar-refractivity contribution in [3.05, 3.63) is 64.3 Å². The molecule has 36 heavy (non-hydrogen) atoms. The standard InChI is InChI=1S/C26H27ClN2O5S2/c1-29(2)22(30)10-12-35-26(36-13-11-23(31)32)17-5-3-4-16(14-17)6-7-18-8-9-19-21(28-18)15-20(27)25(34)24(19)33/h3-9,14-15,26,33-34H,10-13H2,1-2H3,(H,31,32)/b7-6+/t26-/m1/s1. The number of aromatic nitrogens is 1. The maximum Gasteiger partial charge on any atom is 0.304 e. The Kier molecular flexibility index (Phi) is 9.92. The Labute approximate surface area is 223 Å². The molecule has 1 aromatic heterocycles. The second-order valence-corrected chi connectivity index (χ2v) is 11.2. The lowest BCUT2D eigenvalue weighted by Gasteiger charge is -2.18. The fourth-order valence-corrected chi connectivity index (χ4v) is 6.13. The van der Waals surface area contributed by atoms with Crippen LogP contribution in [0.1, 0.15) is 34.2 Å². The zero-order chi connectivity index (χ0) is 26.2. The Hall–Kier alpha value is -2.88. The molecule has 3 N–H and O–H groups in total. The highest BCUT2D eigenvalue weighted by Crippen LogP contribution is 2.41. The third-order valence-corrected chi connectivity index (χ3v) is 8.35. The van der Waals surface area contributed by atoms with Crippen LogP contribution in [0.25, 0.3) is 23.1 Å². The zero-order valence-electron chi connectivity index (χ0n) is 19.8. The molecule has 3 aromatic rings. The highest BCUT2D eigenvalue weighted by Gasteiger charge is 2.16. The molecule has 3 rings (SSSR count). The van der Waals surface area contributed by atoms with E-state index < -0.39 is 5.97 Å². The first-order valence-corrected chi connectivity index (χ1v) is 13.6. The van der Waals surface area contributed by atoms with Crippen molar-refractivity contribution < 1.29 is 24.9 Å². The molecule has 0 saturated carbocycles. The van der Waals surface area contributed by atoms with E-state index in [0.29, 0.717) is 34.5 Å². The van der Waals surface area contributed by atoms with Crippen molar-refractivity contribution in [2.75, 3.05) is 25.6 Å². The Morgan fingerprint density at radius 1 is 1.03 bits per heavy atom. The van der Waals surface area contributed by atoms with Gasteiger partial charge in [-0.3, -0.25) is 9.59 Å². The fourth-order valence-electron chi connectivity index (χ4n) is 3.28. The molecule has 1 amide bonds. The molecule has 0 bridgehead atoms. The summed E-state index contributed by atoms with van der Waals surface area (Å²) in [6.07, 6.45) is 4.24. The number of carbonyl (C=O) groups excluding carboxylic acids is 1. The topological polar surface area (TPSA) is 111 Å². The van der Waals surface area contributed by atoms with E-state index in [-0.39, 0.29) is 33.4 Å². The second-order valence-electron chi connectivity index (χ2n) is 8.12. The van der Waals surface area contributed by atoms with Gasteiger partial charge in [-0.1, -0.05) is 35.9 Å². The summed E-state index contributed by atoms with van der Waals surface area (Å²) < 4.78 is -0.00995. The van der Waals surface area contributed by atoms with E-state index in [4.69, 9.17) is 16.7 Å². The van der Waals surface area contributed by atoms with Gasteiger partial charge < -0.3 is 20.2 Å². The number of phenols is 2. The van der Waals surface area contributed by atoms with Crippen molar-refractivity contribution in [3.63, 3.8) is 0 Å². The summed E-state index contributed by atoms with van der Waals surface area (Å²) >= 11 is 9.15. The number of carboxylic acid groups (broad SMARTS) is 1. The summed E-state index contributed by atoms with van der Waals surface area (Å²) in [7, 11) is 3.46. The Morgan fingerprint density at radius 3 is 2.44 bits per heavy atom. The van der Waals surface area contributed by atoms with Gasteiger partial charge in [-0.15, -0.1) is 23.5 Å². The van der Waals surface area contributed by atoms with Crippen LogP contribution >= 0.6 is 35.1 Å². The van der Waals surface area contributed by atoms with E-state index in [1.807, 2.05) is 36.4 Å². The predicted molar refractivity (Wildman–Crippen MR) is 149 cm³/mol. The van der Waals surface area contributed by atoms with Crippen LogP contribution in [0, 0.1) is 0 Å². The van der Waals surface area contributed by atoms with Gasteiger partial charge >= 0.3 is 5.97 Å². The molecule has 0 aliphatic rings. The van der Waals surface area contributed by atoms with Crippen molar-refractivity contribution in [1.82, 2.24) is 9.88 Å². The summed E-state index contributed by atoms with van der Waals surface area (Å²) in [5, 5.41) is 29.3. The van der Waals surface area contributed by atoms with Gasteiger partial charge in [0.2, 0.25) is 5.91 Å². The molecule has 0 radical (unpaired) electrons. The molecule has 0 spiro atoms. The summed E-state index contributed by atoms with van der Waals surface area (Å²) in [4.78, 5) is 29.0. The Balaban J connectivity index is 1.78. The number of pyridine rings is 1. The van der Waals surface area contributed by atoms with Crippen LogP contribution in [0.4, 0.5) is 0 Å². The maximum absolute atomic E-state index is 12.0. The normalized spacial score (nSPS) is 12.2. The summed E-state index contributed by atoms with van der Waals surface area (Å²) in [6, 6.07) is 12.9. The smallest absolute Gasteiger partial charge is 0.304 e. The van der Waals surface area contributed by atoms with Gasteiger partial charge in [-0.05, 0) is 41.5 Å². The van der Waals surface area contributed by atoms with Crippen LogP contribution in [0.5, 0.6) is 11.5 Å². The number of aromatic hydroxyl groups is 2. The first-order valence-electron chi connectivity index (χ1n) is 11.1. The highest BCUT2D eigenvalue weighted by atomic mass is 35.5. The maximum atomic E-state index is 12.0. The van der Waals surface area contributed by atoms with Crippen LogP contribution < -0.4 is 0 Å². The first kappa shape index (κ1) is 27.7. The van der Waals surface area contributed by atoms with E-state index in [1.54, 1.807) is 54.7 Å². The third kappa shape index (κ3) is 7.56. The molecular weight excluding hydrogens is 520 g/mol. The number of phenolic OH excluding ortho intramolecular Hbond substituents is 2. The fraction of sp³-hybridized carbons (Fsp3) is 0.269. The van der Waals surface area contributed by atoms with Gasteiger partial charge in [-0.25, -0.2) is 4.98 Å². The lowest BCUT2D eigenvalue weighted by molar-refractivity contribution is -0.136. The van der Waals surface area contributed by atoms with Gasteiger partial charge in [0.15, 0.2) is 11.5 Å². The molecule has 0 saturated heterocycles. The van der Waals surface area contributed by atoms with Crippen molar-refractivity contribution in [1.29, 1.82) is 0 Å². The van der Waals surface area contributed by atoms with Crippen LogP contribution in [-0.4, -0.2) is 62.7 Å². The van der Waals surface area contributed by atoms with E-state index in [9.17, 15) is 19.8 Å². The summed E-state index contributed by atoms with van der Waals surface area (Å²) in [5.41, 5.74) is 3.09. The van der Waals surface area contributed by atoms with E-state index in [0.717, 1.165) is 11.1 Å². The van der Waals surface area contributed by atoms with Crippen molar-refractivity contribution in [2.45, 2.75) is 17.4 Å². The largest absolute Gasteiger partial charge is 0.504 e. The SMILES string of the molecule is CN(C)C(=O)CCS[C@H](SCCC(=O)O)c1cccc(/C=C/c2ccc3c(O)c(O)c(Cl)cc3n2)c1. The average molecular weight is 547 g/mol. The minimum absolute atomic E-state index is 0.00995. The lowest BCUT2D eigenvalue weighted by atomic mass is 10.1. The number of carboxylic acids is 1. The number of thioether (sulfide) groups is 2. The lowest BCUT2D eigenvalue weighted by Crippen LogP contribution is -2.21. The van der Waals surface area contributed by atoms with Crippen LogP contribution in [0.3, 0.4) is 0 Å². The number of amides is 1. The molecule has 0 aliphatic carbocycles. The predicted octanol–water partition coefficient (Wildman–Crippen LogP) is 5.89. The number of rotatable bonds is 11. The molecule has 1 heterocycles. The minimum Gasteiger partial charge on any atom is -0.504 e. The number of aliphatic carboxylic acids is 1. The third-order valence-electron chi connectivity index (χ3n) is 5.21. The highest BCUT2D eigenvalue weighted by molar-refractivity contribution is 8.16. The summed E-state index contributed by atoms with van der Waals surface area (Å²) in [5.74, 6) is -0.344. The Morgan fingerprint density at radius 2 is 1.75 bits per heavy atom. The molecular formula is C26H27ClN2O5S2. The quantitative estimate of drug-likeness (QED) is 0.202. The zero-order valence-corrected chi connectivity index (χ0v) is 22.2. The number of halogens is 1. The van der Waals surface area contributed by atoms with Crippen LogP contribution in [-0.2, 0) is 9.59 Å². The molecule has 0 unspecified atom stereocenters. The molecule has 0 aliphatic heterocycles. The van der Waals surface area contributed by atoms with Gasteiger partial charge in [0.05, 0.1) is 27.2 Å². The molecule has 1 atom stereocenters. The molecule has 10 heteroatoms. The van der Waals surface area contributed by atoms with Gasteiger partial charge in [0, 0.05) is 37.4 Å². The number of hydrogen-bond donors (Lipinski definition) is 3. The van der Waals surface area contributed by atoms with Crippen LogP contribution in [0.15, 0.2) is 42.5 Å². The number of carbonyl (C=O) groups is 2. The van der Waals surface area contributed by atoms with Gasteiger partial charge in [0.1, 0.15) is 0 Å². The number of hydrogen-bond acceptors (Lipinski definition) is 7. The van der Waals surface area contributed by atoms with Crippen molar-refractivity contribution in [3.8, 4) is 11.5 Å². The Bertz CT molecular complexity index is 1280. The first-order chi connectivity index (χ1) is 17.2. The minimum atomic E-state index is -0.835. The number of benzene rings is 2. The van der Waals surface area contributed by atoms with Crippen molar-refractivity contribution in [2.24, 2.45) is 0 Å². The van der Waals surface area contributed by atoms with Crippen molar-refractivity contribution >= 4 is 70.1 Å². The number of nitrogens with zero attached hydrogens (tertiary/aromatic N) is 2. The van der Waals surface area contributed by atoms with Gasteiger partial charge in [0.25, 0.3) is 0 Å². The monoisotopic (exact) mass is 546 g/mol. The van der Waals surface area contributed by atoms with Gasteiger partial charge in [-0.2, -0.15) is 0 Å². The molecule has 190 valence electrons. The second kappa shape index (κ2) is 12.9. The molecule has 2 aromatic carbocycles. The van der Waals surface area contributed by atoms with E-state index in [2.05, 4.69) is 4.98 Å². The number of fused-ring (bicyclic) bond motifs is 1. The van der Waals surface area contributed by atoms with E-state index in [1.165, 1.54) is 6.07 Å². The summed E-state index contributed by atoms with van der Waals surface area (Å²) in [6.45, 7) is 0. The molecule has 7 nitrogen and oxygen atoms in total. The average Bonchev–Trinajstić information content (AvgIpc) is 2.84.